The zero-order valence-electron chi connectivity index (χ0n) is 15.2. The van der Waals surface area contributed by atoms with Crippen molar-refractivity contribution in [3.8, 4) is 0 Å². The summed E-state index contributed by atoms with van der Waals surface area (Å²) < 4.78 is 40.6. The molecule has 0 bridgehead atoms. The number of anilines is 1. The molecule has 1 fully saturated rings. The number of nitrogens with zero attached hydrogens (tertiary/aromatic N) is 1. The summed E-state index contributed by atoms with van der Waals surface area (Å²) in [5, 5.41) is 2.98. The minimum absolute atomic E-state index is 0.0467. The van der Waals surface area contributed by atoms with E-state index in [1.165, 1.54) is 49.9 Å². The molecule has 5 nitrogen and oxygen atoms in total. The van der Waals surface area contributed by atoms with Gasteiger partial charge < -0.3 is 5.32 Å². The van der Waals surface area contributed by atoms with E-state index >= 15 is 0 Å². The molecule has 7 heteroatoms. The Morgan fingerprint density at radius 2 is 1.78 bits per heavy atom. The Labute approximate surface area is 159 Å². The van der Waals surface area contributed by atoms with E-state index in [0.717, 1.165) is 30.0 Å². The van der Waals surface area contributed by atoms with E-state index in [0.29, 0.717) is 0 Å². The SMILES string of the molecule is CN(c1ccccc1F)S(=O)(=O)c1cccc(C(=O)NC2CCCCC2)c1. The lowest BCUT2D eigenvalue weighted by Gasteiger charge is -2.23. The van der Waals surface area contributed by atoms with Crippen molar-refractivity contribution >= 4 is 21.6 Å². The second-order valence-electron chi connectivity index (χ2n) is 6.76. The van der Waals surface area contributed by atoms with Crippen LogP contribution in [-0.2, 0) is 10.0 Å². The maximum Gasteiger partial charge on any atom is 0.264 e. The van der Waals surface area contributed by atoms with Crippen LogP contribution in [-0.4, -0.2) is 27.4 Å². The number of carbonyl (C=O) groups excluding carboxylic acids is 1. The molecule has 3 rings (SSSR count). The summed E-state index contributed by atoms with van der Waals surface area (Å²) >= 11 is 0. The van der Waals surface area contributed by atoms with Crippen LogP contribution in [0.1, 0.15) is 42.5 Å². The Morgan fingerprint density at radius 1 is 1.07 bits per heavy atom. The molecule has 0 spiro atoms. The summed E-state index contributed by atoms with van der Waals surface area (Å²) in [6, 6.07) is 11.6. The molecule has 0 atom stereocenters. The fourth-order valence-electron chi connectivity index (χ4n) is 3.31. The molecule has 1 aliphatic carbocycles. The van der Waals surface area contributed by atoms with Gasteiger partial charge in [0, 0.05) is 18.7 Å². The molecule has 0 radical (unpaired) electrons. The van der Waals surface area contributed by atoms with Crippen LogP contribution in [0.25, 0.3) is 0 Å². The van der Waals surface area contributed by atoms with Crippen molar-refractivity contribution in [3.63, 3.8) is 0 Å². The van der Waals surface area contributed by atoms with E-state index in [-0.39, 0.29) is 28.1 Å². The fourth-order valence-corrected chi connectivity index (χ4v) is 4.56. The summed E-state index contributed by atoms with van der Waals surface area (Å²) in [6.45, 7) is 0. The van der Waals surface area contributed by atoms with E-state index in [1.54, 1.807) is 12.1 Å². The summed E-state index contributed by atoms with van der Waals surface area (Å²) in [4.78, 5) is 12.5. The summed E-state index contributed by atoms with van der Waals surface area (Å²) in [7, 11) is -2.70. The van der Waals surface area contributed by atoms with Crippen LogP contribution < -0.4 is 9.62 Å². The predicted octanol–water partition coefficient (Wildman–Crippen LogP) is 3.71. The highest BCUT2D eigenvalue weighted by Gasteiger charge is 2.25. The minimum Gasteiger partial charge on any atom is -0.349 e. The van der Waals surface area contributed by atoms with Gasteiger partial charge in [0.15, 0.2) is 0 Å². The molecule has 0 unspecified atom stereocenters. The zero-order valence-corrected chi connectivity index (χ0v) is 16.0. The molecule has 2 aromatic carbocycles. The van der Waals surface area contributed by atoms with Gasteiger partial charge in [-0.25, -0.2) is 12.8 Å². The third kappa shape index (κ3) is 4.30. The van der Waals surface area contributed by atoms with Crippen molar-refractivity contribution in [1.82, 2.24) is 5.32 Å². The maximum absolute atomic E-state index is 14.0. The number of nitrogens with one attached hydrogen (secondary N) is 1. The summed E-state index contributed by atoms with van der Waals surface area (Å²) in [5.74, 6) is -0.915. The zero-order chi connectivity index (χ0) is 19.4. The topological polar surface area (TPSA) is 66.5 Å². The lowest BCUT2D eigenvalue weighted by Crippen LogP contribution is -2.36. The number of rotatable bonds is 5. The second kappa shape index (κ2) is 8.08. The summed E-state index contributed by atoms with van der Waals surface area (Å²) in [6.07, 6.45) is 5.25. The quantitative estimate of drug-likeness (QED) is 0.846. The number of carbonyl (C=O) groups is 1. The lowest BCUT2D eigenvalue weighted by atomic mass is 9.95. The molecule has 0 aliphatic heterocycles. The van der Waals surface area contributed by atoms with Crippen LogP contribution in [0, 0.1) is 5.82 Å². The first-order valence-electron chi connectivity index (χ1n) is 9.04. The average molecular weight is 390 g/mol. The number of hydrogen-bond donors (Lipinski definition) is 1. The van der Waals surface area contributed by atoms with Gasteiger partial charge in [-0.05, 0) is 43.2 Å². The van der Waals surface area contributed by atoms with Gasteiger partial charge in [0.05, 0.1) is 10.6 Å². The highest BCUT2D eigenvalue weighted by atomic mass is 32.2. The van der Waals surface area contributed by atoms with Crippen molar-refractivity contribution < 1.29 is 17.6 Å². The van der Waals surface area contributed by atoms with Crippen molar-refractivity contribution in [2.24, 2.45) is 0 Å². The normalized spacial score (nSPS) is 15.3. The van der Waals surface area contributed by atoms with Crippen molar-refractivity contribution in [1.29, 1.82) is 0 Å². The van der Waals surface area contributed by atoms with Gasteiger partial charge >= 0.3 is 0 Å². The largest absolute Gasteiger partial charge is 0.349 e. The van der Waals surface area contributed by atoms with Crippen LogP contribution in [0.5, 0.6) is 0 Å². The molecule has 0 aromatic heterocycles. The number of benzene rings is 2. The first kappa shape index (κ1) is 19.4. The highest BCUT2D eigenvalue weighted by molar-refractivity contribution is 7.92. The van der Waals surface area contributed by atoms with Crippen LogP contribution in [0.3, 0.4) is 0 Å². The monoisotopic (exact) mass is 390 g/mol. The van der Waals surface area contributed by atoms with Crippen molar-refractivity contribution in [2.45, 2.75) is 43.0 Å². The lowest BCUT2D eigenvalue weighted by molar-refractivity contribution is 0.0927. The molecular weight excluding hydrogens is 367 g/mol. The average Bonchev–Trinajstić information content (AvgIpc) is 2.68. The smallest absolute Gasteiger partial charge is 0.264 e. The second-order valence-corrected chi connectivity index (χ2v) is 8.73. The van der Waals surface area contributed by atoms with Crippen molar-refractivity contribution in [2.75, 3.05) is 11.4 Å². The number of sulfonamides is 1. The first-order valence-corrected chi connectivity index (χ1v) is 10.5. The van der Waals surface area contributed by atoms with E-state index in [9.17, 15) is 17.6 Å². The number of para-hydroxylation sites is 1. The molecule has 0 saturated heterocycles. The Morgan fingerprint density at radius 3 is 2.48 bits per heavy atom. The van der Waals surface area contributed by atoms with Crippen LogP contribution in [0.2, 0.25) is 0 Å². The van der Waals surface area contributed by atoms with Gasteiger partial charge in [-0.3, -0.25) is 9.10 Å². The molecule has 144 valence electrons. The van der Waals surface area contributed by atoms with Gasteiger partial charge in [0.2, 0.25) is 0 Å². The molecule has 1 N–H and O–H groups in total. The van der Waals surface area contributed by atoms with Crippen LogP contribution in [0.15, 0.2) is 53.4 Å². The van der Waals surface area contributed by atoms with Crippen LogP contribution in [0.4, 0.5) is 10.1 Å². The van der Waals surface area contributed by atoms with Gasteiger partial charge in [-0.1, -0.05) is 37.5 Å². The van der Waals surface area contributed by atoms with E-state index in [1.807, 2.05) is 0 Å². The third-order valence-electron chi connectivity index (χ3n) is 4.89. The van der Waals surface area contributed by atoms with Crippen LogP contribution >= 0.6 is 0 Å². The Bertz CT molecular complexity index is 924. The molecule has 0 heterocycles. The van der Waals surface area contributed by atoms with Gasteiger partial charge in [0.25, 0.3) is 15.9 Å². The fraction of sp³-hybridized carbons (Fsp3) is 0.350. The Balaban J connectivity index is 1.83. The predicted molar refractivity (Wildman–Crippen MR) is 103 cm³/mol. The standard InChI is InChI=1S/C20H23FN2O3S/c1-23(19-13-6-5-12-18(19)21)27(25,26)17-11-7-8-15(14-17)20(24)22-16-9-3-2-4-10-16/h5-8,11-14,16H,2-4,9-10H2,1H3,(H,22,24). The number of amides is 1. The van der Waals surface area contributed by atoms with E-state index in [2.05, 4.69) is 5.32 Å². The van der Waals surface area contributed by atoms with Gasteiger partial charge in [-0.2, -0.15) is 0 Å². The van der Waals surface area contributed by atoms with Gasteiger partial charge in [-0.15, -0.1) is 0 Å². The molecule has 1 saturated carbocycles. The molecule has 1 aliphatic rings. The maximum atomic E-state index is 14.0. The number of hydrogen-bond acceptors (Lipinski definition) is 3. The number of halogens is 1. The summed E-state index contributed by atoms with van der Waals surface area (Å²) in [5.41, 5.74) is 0.234. The Kier molecular flexibility index (Phi) is 5.79. The first-order chi connectivity index (χ1) is 12.9. The Hall–Kier alpha value is -2.41. The van der Waals surface area contributed by atoms with Crippen molar-refractivity contribution in [3.05, 3.63) is 59.9 Å². The minimum atomic E-state index is -3.99. The molecule has 27 heavy (non-hydrogen) atoms. The third-order valence-corrected chi connectivity index (χ3v) is 6.65. The molecular formula is C20H23FN2O3S. The molecule has 1 amide bonds. The van der Waals surface area contributed by atoms with Gasteiger partial charge in [0.1, 0.15) is 5.82 Å². The van der Waals surface area contributed by atoms with E-state index in [4.69, 9.17) is 0 Å². The highest BCUT2D eigenvalue weighted by Crippen LogP contribution is 2.25. The molecule has 2 aromatic rings. The van der Waals surface area contributed by atoms with E-state index < -0.39 is 15.8 Å².